The van der Waals surface area contributed by atoms with E-state index in [1.807, 2.05) is 0 Å². The number of esters is 1. The van der Waals surface area contributed by atoms with Crippen molar-refractivity contribution in [1.82, 2.24) is 9.97 Å². The number of hydrogen-bond acceptors (Lipinski definition) is 7. The fourth-order valence-electron chi connectivity index (χ4n) is 2.74. The van der Waals surface area contributed by atoms with Crippen LogP contribution in [-0.2, 0) is 27.2 Å². The number of ether oxygens (including phenoxy) is 1. The molecular weight excluding hydrogens is 332 g/mol. The van der Waals surface area contributed by atoms with Gasteiger partial charge in [-0.1, -0.05) is 11.8 Å². The lowest BCUT2D eigenvalue weighted by atomic mass is 9.97. The van der Waals surface area contributed by atoms with Crippen LogP contribution in [0, 0.1) is 0 Å². The highest BCUT2D eigenvalue weighted by Crippen LogP contribution is 2.39. The molecule has 0 bridgehead atoms. The van der Waals surface area contributed by atoms with Crippen molar-refractivity contribution in [2.45, 2.75) is 44.1 Å². The second kappa shape index (κ2) is 7.40. The second-order valence-electron chi connectivity index (χ2n) is 5.38. The molecule has 0 aliphatic heterocycles. The molecule has 0 saturated carbocycles. The molecule has 5 nitrogen and oxygen atoms in total. The Bertz CT molecular complexity index is 742. The van der Waals surface area contributed by atoms with E-state index in [1.54, 1.807) is 24.6 Å². The molecule has 7 heteroatoms. The largest absolute Gasteiger partial charge is 0.466 e. The molecular formula is C16H18N2O3S2. The van der Waals surface area contributed by atoms with Crippen molar-refractivity contribution < 1.29 is 14.3 Å². The fourth-order valence-corrected chi connectivity index (χ4v) is 4.92. The summed E-state index contributed by atoms with van der Waals surface area (Å²) in [5.74, 6) is -0.363. The van der Waals surface area contributed by atoms with Gasteiger partial charge in [0.25, 0.3) is 0 Å². The molecule has 1 aliphatic carbocycles. The van der Waals surface area contributed by atoms with Crippen LogP contribution in [0.5, 0.6) is 0 Å². The van der Waals surface area contributed by atoms with Gasteiger partial charge in [-0.2, -0.15) is 0 Å². The molecule has 2 aromatic rings. The van der Waals surface area contributed by atoms with Crippen molar-refractivity contribution in [2.24, 2.45) is 0 Å². The smallest absolute Gasteiger partial charge is 0.313 e. The Morgan fingerprint density at radius 2 is 2.13 bits per heavy atom. The summed E-state index contributed by atoms with van der Waals surface area (Å²) in [4.78, 5) is 34.4. The Labute approximate surface area is 142 Å². The van der Waals surface area contributed by atoms with Gasteiger partial charge in [0, 0.05) is 10.3 Å². The predicted octanol–water partition coefficient (Wildman–Crippen LogP) is 3.18. The summed E-state index contributed by atoms with van der Waals surface area (Å²) in [6, 6.07) is 0. The van der Waals surface area contributed by atoms with Crippen molar-refractivity contribution in [3.8, 4) is 0 Å². The highest BCUT2D eigenvalue weighted by Gasteiger charge is 2.20. The minimum atomic E-state index is -0.459. The summed E-state index contributed by atoms with van der Waals surface area (Å²) in [7, 11) is 0. The molecule has 0 fully saturated rings. The molecule has 122 valence electrons. The van der Waals surface area contributed by atoms with Crippen molar-refractivity contribution in [3.05, 3.63) is 16.8 Å². The van der Waals surface area contributed by atoms with Crippen LogP contribution in [0.15, 0.2) is 11.4 Å². The number of rotatable bonds is 6. The lowest BCUT2D eigenvalue weighted by Gasteiger charge is -2.11. The van der Waals surface area contributed by atoms with Crippen molar-refractivity contribution >= 4 is 45.1 Å². The molecule has 3 rings (SSSR count). The quantitative estimate of drug-likeness (QED) is 0.345. The first-order valence-corrected chi connectivity index (χ1v) is 9.54. The molecule has 0 atom stereocenters. The first-order chi connectivity index (χ1) is 11.2. The summed E-state index contributed by atoms with van der Waals surface area (Å²) in [6.07, 6.45) is 5.99. The van der Waals surface area contributed by atoms with E-state index in [2.05, 4.69) is 9.97 Å². The number of Topliss-reactive ketones (excluding diaryl/α,β-unsaturated/α-hetero) is 1. The maximum atomic E-state index is 11.9. The second-order valence-corrected chi connectivity index (χ2v) is 7.43. The topological polar surface area (TPSA) is 69.2 Å². The average Bonchev–Trinajstić information content (AvgIpc) is 2.92. The summed E-state index contributed by atoms with van der Waals surface area (Å²) in [5, 5.41) is 1.97. The van der Waals surface area contributed by atoms with Gasteiger partial charge in [0.1, 0.15) is 22.6 Å². The van der Waals surface area contributed by atoms with Crippen molar-refractivity contribution in [3.63, 3.8) is 0 Å². The van der Waals surface area contributed by atoms with Crippen LogP contribution in [0.4, 0.5) is 0 Å². The highest BCUT2D eigenvalue weighted by atomic mass is 32.2. The molecule has 1 aliphatic rings. The monoisotopic (exact) mass is 350 g/mol. The van der Waals surface area contributed by atoms with Gasteiger partial charge in [-0.25, -0.2) is 9.97 Å². The lowest BCUT2D eigenvalue weighted by molar-refractivity contribution is -0.145. The maximum absolute atomic E-state index is 11.9. The zero-order chi connectivity index (χ0) is 16.2. The van der Waals surface area contributed by atoms with E-state index in [9.17, 15) is 9.59 Å². The third-order valence-electron chi connectivity index (χ3n) is 3.73. The van der Waals surface area contributed by atoms with Crippen molar-refractivity contribution in [1.29, 1.82) is 0 Å². The standard InChI is InChI=1S/C16H18N2O3S2/c1-2-21-13(20)7-10(19)8-22-15-14-11-5-3-4-6-12(11)23-16(14)18-9-17-15/h9H,2-8H2,1H3. The van der Waals surface area contributed by atoms with Gasteiger partial charge in [-0.05, 0) is 38.2 Å². The van der Waals surface area contributed by atoms with E-state index in [1.165, 1.54) is 35.0 Å². The predicted molar refractivity (Wildman–Crippen MR) is 91.0 cm³/mol. The Morgan fingerprint density at radius 1 is 1.30 bits per heavy atom. The Hall–Kier alpha value is -1.47. The van der Waals surface area contributed by atoms with Crippen LogP contribution in [-0.4, -0.2) is 34.1 Å². The number of hydrogen-bond donors (Lipinski definition) is 0. The molecule has 0 aromatic carbocycles. The average molecular weight is 350 g/mol. The number of thiophene rings is 1. The molecule has 2 heterocycles. The number of carbonyl (C=O) groups is 2. The molecule has 0 amide bonds. The maximum Gasteiger partial charge on any atom is 0.313 e. The number of fused-ring (bicyclic) bond motifs is 3. The van der Waals surface area contributed by atoms with E-state index in [4.69, 9.17) is 4.74 Å². The first-order valence-electron chi connectivity index (χ1n) is 7.74. The van der Waals surface area contributed by atoms with Gasteiger partial charge < -0.3 is 4.74 Å². The van der Waals surface area contributed by atoms with Crippen LogP contribution < -0.4 is 0 Å². The third-order valence-corrected chi connectivity index (χ3v) is 5.98. The molecule has 0 unspecified atom stereocenters. The number of aromatic nitrogens is 2. The summed E-state index contributed by atoms with van der Waals surface area (Å²) in [6.45, 7) is 2.03. The number of carbonyl (C=O) groups excluding carboxylic acids is 2. The van der Waals surface area contributed by atoms with Crippen LogP contribution in [0.2, 0.25) is 0 Å². The van der Waals surface area contributed by atoms with Crippen LogP contribution in [0.25, 0.3) is 10.2 Å². The first kappa shape index (κ1) is 16.4. The van der Waals surface area contributed by atoms with E-state index in [-0.39, 0.29) is 18.0 Å². The fraction of sp³-hybridized carbons (Fsp3) is 0.500. The Morgan fingerprint density at radius 3 is 2.96 bits per heavy atom. The molecule has 23 heavy (non-hydrogen) atoms. The molecule has 2 aromatic heterocycles. The molecule has 0 saturated heterocycles. The van der Waals surface area contributed by atoms with Crippen LogP contribution >= 0.6 is 23.1 Å². The summed E-state index contributed by atoms with van der Waals surface area (Å²) in [5.41, 5.74) is 1.36. The number of thioether (sulfide) groups is 1. The van der Waals surface area contributed by atoms with E-state index in [0.29, 0.717) is 6.61 Å². The van der Waals surface area contributed by atoms with Crippen molar-refractivity contribution in [2.75, 3.05) is 12.4 Å². The van der Waals surface area contributed by atoms with Gasteiger partial charge in [0.15, 0.2) is 5.78 Å². The van der Waals surface area contributed by atoms with Crippen LogP contribution in [0.3, 0.4) is 0 Å². The summed E-state index contributed by atoms with van der Waals surface area (Å²) < 4.78 is 4.80. The van der Waals surface area contributed by atoms with Gasteiger partial charge in [0.2, 0.25) is 0 Å². The Balaban J connectivity index is 1.74. The van der Waals surface area contributed by atoms with E-state index < -0.39 is 5.97 Å². The zero-order valence-electron chi connectivity index (χ0n) is 13.0. The highest BCUT2D eigenvalue weighted by molar-refractivity contribution is 8.00. The van der Waals surface area contributed by atoms with Gasteiger partial charge >= 0.3 is 5.97 Å². The van der Waals surface area contributed by atoms with Crippen LogP contribution in [0.1, 0.15) is 36.6 Å². The zero-order valence-corrected chi connectivity index (χ0v) is 14.6. The molecule has 0 radical (unpaired) electrons. The Kier molecular flexibility index (Phi) is 5.27. The third kappa shape index (κ3) is 3.72. The van der Waals surface area contributed by atoms with Gasteiger partial charge in [-0.15, -0.1) is 11.3 Å². The SMILES string of the molecule is CCOC(=O)CC(=O)CSc1ncnc2sc3c(c12)CCCC3. The summed E-state index contributed by atoms with van der Waals surface area (Å²) >= 11 is 3.14. The number of aryl methyl sites for hydroxylation is 2. The minimum absolute atomic E-state index is 0.135. The minimum Gasteiger partial charge on any atom is -0.466 e. The van der Waals surface area contributed by atoms with Gasteiger partial charge in [-0.3, -0.25) is 9.59 Å². The van der Waals surface area contributed by atoms with Gasteiger partial charge in [0.05, 0.1) is 12.4 Å². The van der Waals surface area contributed by atoms with E-state index in [0.717, 1.165) is 28.1 Å². The lowest BCUT2D eigenvalue weighted by Crippen LogP contribution is -2.12. The normalized spacial score (nSPS) is 13.8. The molecule has 0 spiro atoms. The number of ketones is 1. The van der Waals surface area contributed by atoms with E-state index >= 15 is 0 Å². The number of nitrogens with zero attached hydrogens (tertiary/aromatic N) is 2. The molecule has 0 N–H and O–H groups in total.